The fourth-order valence-corrected chi connectivity index (χ4v) is 6.88. The lowest BCUT2D eigenvalue weighted by Crippen LogP contribution is -2.29. The van der Waals surface area contributed by atoms with E-state index in [0.29, 0.717) is 0 Å². The van der Waals surface area contributed by atoms with Crippen molar-refractivity contribution in [2.24, 2.45) is 0 Å². The van der Waals surface area contributed by atoms with E-state index in [2.05, 4.69) is 58.3 Å². The SMILES string of the molecule is c1cc(N2CCCCC2)ccc1-c1nc2sc(-c3ccc(N4CCCCC4)cc3)nc2s1. The van der Waals surface area contributed by atoms with E-state index in [-0.39, 0.29) is 0 Å². The summed E-state index contributed by atoms with van der Waals surface area (Å²) in [6, 6.07) is 17.9. The summed E-state index contributed by atoms with van der Waals surface area (Å²) in [4.78, 5) is 16.9. The third-order valence-electron chi connectivity index (χ3n) is 6.65. The molecule has 0 aliphatic carbocycles. The van der Waals surface area contributed by atoms with Crippen LogP contribution in [0.3, 0.4) is 0 Å². The molecular weight excluding hydrogens is 432 g/mol. The molecule has 2 saturated heterocycles. The number of rotatable bonds is 4. The zero-order valence-corrected chi connectivity index (χ0v) is 19.9. The lowest BCUT2D eigenvalue weighted by molar-refractivity contribution is 0.578. The van der Waals surface area contributed by atoms with E-state index in [9.17, 15) is 0 Å². The summed E-state index contributed by atoms with van der Waals surface area (Å²) in [5.74, 6) is 0. The Balaban J connectivity index is 1.19. The maximum atomic E-state index is 4.92. The number of nitrogens with zero attached hydrogens (tertiary/aromatic N) is 4. The second-order valence-electron chi connectivity index (χ2n) is 8.84. The van der Waals surface area contributed by atoms with Crippen molar-refractivity contribution >= 4 is 43.7 Å². The highest BCUT2D eigenvalue weighted by molar-refractivity contribution is 7.29. The van der Waals surface area contributed by atoms with Gasteiger partial charge in [0.15, 0.2) is 9.66 Å². The van der Waals surface area contributed by atoms with E-state index >= 15 is 0 Å². The molecule has 2 aliphatic rings. The second-order valence-corrected chi connectivity index (χ2v) is 10.8. The highest BCUT2D eigenvalue weighted by Gasteiger charge is 2.16. The molecule has 0 unspecified atom stereocenters. The molecule has 2 aliphatic heterocycles. The minimum Gasteiger partial charge on any atom is -0.372 e. The number of aromatic nitrogens is 2. The van der Waals surface area contributed by atoms with Gasteiger partial charge in [-0.25, -0.2) is 9.97 Å². The van der Waals surface area contributed by atoms with Crippen molar-refractivity contribution in [3.05, 3.63) is 48.5 Å². The number of anilines is 2. The summed E-state index contributed by atoms with van der Waals surface area (Å²) in [5, 5.41) is 2.13. The first kappa shape index (κ1) is 20.2. The van der Waals surface area contributed by atoms with Gasteiger partial charge in [0, 0.05) is 48.7 Å². The van der Waals surface area contributed by atoms with E-state index in [1.165, 1.54) is 87.2 Å². The predicted octanol–water partition coefficient (Wildman–Crippen LogP) is 7.07. The van der Waals surface area contributed by atoms with Gasteiger partial charge in [0.05, 0.1) is 0 Å². The first-order chi connectivity index (χ1) is 15.8. The third kappa shape index (κ3) is 4.02. The molecule has 164 valence electrons. The third-order valence-corrected chi connectivity index (χ3v) is 8.77. The van der Waals surface area contributed by atoms with Crippen LogP contribution < -0.4 is 9.80 Å². The summed E-state index contributed by atoms with van der Waals surface area (Å²) >= 11 is 3.40. The van der Waals surface area contributed by atoms with Crippen molar-refractivity contribution in [2.45, 2.75) is 38.5 Å². The van der Waals surface area contributed by atoms with Gasteiger partial charge in [-0.3, -0.25) is 0 Å². The monoisotopic (exact) mass is 460 g/mol. The molecule has 4 aromatic rings. The van der Waals surface area contributed by atoms with Crippen LogP contribution in [0.25, 0.3) is 30.8 Å². The van der Waals surface area contributed by atoms with Crippen molar-refractivity contribution in [3.8, 4) is 21.1 Å². The normalized spacial score (nSPS) is 17.2. The molecular formula is C26H28N4S2. The minimum absolute atomic E-state index is 1.04. The van der Waals surface area contributed by atoms with Gasteiger partial charge in [0.2, 0.25) is 0 Å². The van der Waals surface area contributed by atoms with Gasteiger partial charge in [-0.2, -0.15) is 0 Å². The van der Waals surface area contributed by atoms with Crippen LogP contribution in [0.4, 0.5) is 11.4 Å². The molecule has 0 amide bonds. The zero-order chi connectivity index (χ0) is 21.3. The highest BCUT2D eigenvalue weighted by Crippen LogP contribution is 2.37. The van der Waals surface area contributed by atoms with Gasteiger partial charge in [-0.15, -0.1) is 0 Å². The van der Waals surface area contributed by atoms with E-state index < -0.39 is 0 Å². The molecule has 0 radical (unpaired) electrons. The van der Waals surface area contributed by atoms with Crippen LogP contribution in [-0.2, 0) is 0 Å². The van der Waals surface area contributed by atoms with Crippen LogP contribution in [-0.4, -0.2) is 36.1 Å². The second kappa shape index (κ2) is 8.83. The van der Waals surface area contributed by atoms with Gasteiger partial charge >= 0.3 is 0 Å². The van der Waals surface area contributed by atoms with Crippen LogP contribution in [0.5, 0.6) is 0 Å². The maximum Gasteiger partial charge on any atom is 0.155 e. The molecule has 2 aromatic carbocycles. The van der Waals surface area contributed by atoms with Crippen molar-refractivity contribution in [2.75, 3.05) is 36.0 Å². The molecule has 0 N–H and O–H groups in total. The number of benzene rings is 2. The summed E-state index contributed by atoms with van der Waals surface area (Å²) in [5.41, 5.74) is 5.04. The maximum absolute atomic E-state index is 4.92. The molecule has 0 spiro atoms. The summed E-state index contributed by atoms with van der Waals surface area (Å²) in [7, 11) is 0. The van der Waals surface area contributed by atoms with E-state index in [0.717, 1.165) is 19.7 Å². The van der Waals surface area contributed by atoms with Gasteiger partial charge in [-0.1, -0.05) is 22.7 Å². The lowest BCUT2D eigenvalue weighted by Gasteiger charge is -2.28. The quantitative estimate of drug-likeness (QED) is 0.326. The van der Waals surface area contributed by atoms with Gasteiger partial charge < -0.3 is 9.80 Å². The molecule has 0 saturated carbocycles. The molecule has 32 heavy (non-hydrogen) atoms. The highest BCUT2D eigenvalue weighted by atomic mass is 32.1. The van der Waals surface area contributed by atoms with E-state index in [4.69, 9.17) is 9.97 Å². The Morgan fingerprint density at radius 2 is 0.875 bits per heavy atom. The van der Waals surface area contributed by atoms with E-state index in [1.54, 1.807) is 22.7 Å². The number of hydrogen-bond acceptors (Lipinski definition) is 6. The average Bonchev–Trinajstić information content (AvgIpc) is 3.45. The zero-order valence-electron chi connectivity index (χ0n) is 18.3. The lowest BCUT2D eigenvalue weighted by atomic mass is 10.1. The van der Waals surface area contributed by atoms with Crippen molar-refractivity contribution in [1.29, 1.82) is 0 Å². The Bertz CT molecular complexity index is 1060. The molecule has 2 aromatic heterocycles. The van der Waals surface area contributed by atoms with Crippen LogP contribution in [0.15, 0.2) is 48.5 Å². The van der Waals surface area contributed by atoms with Crippen LogP contribution in [0.1, 0.15) is 38.5 Å². The van der Waals surface area contributed by atoms with E-state index in [1.807, 2.05) is 0 Å². The predicted molar refractivity (Wildman–Crippen MR) is 138 cm³/mol. The molecule has 4 heterocycles. The minimum atomic E-state index is 1.04. The Hall–Kier alpha value is -2.44. The molecule has 4 nitrogen and oxygen atoms in total. The van der Waals surface area contributed by atoms with Crippen LogP contribution in [0.2, 0.25) is 0 Å². The molecule has 0 atom stereocenters. The topological polar surface area (TPSA) is 32.3 Å². The van der Waals surface area contributed by atoms with Gasteiger partial charge in [0.25, 0.3) is 0 Å². The van der Waals surface area contributed by atoms with Crippen molar-refractivity contribution in [3.63, 3.8) is 0 Å². The Morgan fingerprint density at radius 1 is 0.500 bits per heavy atom. The summed E-state index contributed by atoms with van der Waals surface area (Å²) in [6.45, 7) is 4.71. The van der Waals surface area contributed by atoms with Crippen LogP contribution >= 0.6 is 22.7 Å². The standard InChI is InChI=1S/C26H28N4S2/c1-3-15-29(16-4-1)21-11-7-19(8-12-21)23-27-25-26(31-23)28-24(32-25)20-9-13-22(14-10-20)30-17-5-2-6-18-30/h7-14H,1-6,15-18H2. The van der Waals surface area contributed by atoms with Gasteiger partial charge in [0.1, 0.15) is 10.0 Å². The fraction of sp³-hybridized carbons (Fsp3) is 0.385. The average molecular weight is 461 g/mol. The molecule has 6 heteroatoms. The molecule has 6 rings (SSSR count). The van der Waals surface area contributed by atoms with Crippen LogP contribution in [0, 0.1) is 0 Å². The fourth-order valence-electron chi connectivity index (χ4n) is 4.82. The smallest absolute Gasteiger partial charge is 0.155 e. The largest absolute Gasteiger partial charge is 0.372 e. The Morgan fingerprint density at radius 3 is 1.25 bits per heavy atom. The Kier molecular flexibility index (Phi) is 5.57. The first-order valence-corrected chi connectivity index (χ1v) is 13.4. The Labute approximate surface area is 197 Å². The van der Waals surface area contributed by atoms with Crippen molar-refractivity contribution in [1.82, 2.24) is 9.97 Å². The number of piperidine rings is 2. The summed E-state index contributed by atoms with van der Waals surface area (Å²) in [6.07, 6.45) is 7.95. The number of hydrogen-bond donors (Lipinski definition) is 0. The van der Waals surface area contributed by atoms with Gasteiger partial charge in [-0.05, 0) is 87.1 Å². The summed E-state index contributed by atoms with van der Waals surface area (Å²) < 4.78 is 0. The molecule has 0 bridgehead atoms. The first-order valence-electron chi connectivity index (χ1n) is 11.8. The number of thiazole rings is 2. The number of fused-ring (bicyclic) bond motifs is 1. The molecule has 2 fully saturated rings. The van der Waals surface area contributed by atoms with Crippen molar-refractivity contribution < 1.29 is 0 Å².